The van der Waals surface area contributed by atoms with Crippen molar-refractivity contribution < 1.29 is 41.7 Å². The first-order valence-corrected chi connectivity index (χ1v) is 16.2. The summed E-state index contributed by atoms with van der Waals surface area (Å²) >= 11 is 0. The molecule has 3 fully saturated rings. The molecule has 10 nitrogen and oxygen atoms in total. The van der Waals surface area contributed by atoms with E-state index in [-0.39, 0.29) is 51.8 Å². The number of hydrogen-bond donors (Lipinski definition) is 1. The average molecular weight is 686 g/mol. The van der Waals surface area contributed by atoms with Gasteiger partial charge in [-0.05, 0) is 48.2 Å². The highest BCUT2D eigenvalue weighted by molar-refractivity contribution is 5.89. The van der Waals surface area contributed by atoms with Crippen LogP contribution in [0.2, 0.25) is 0 Å². The molecule has 14 heteroatoms. The van der Waals surface area contributed by atoms with Crippen molar-refractivity contribution >= 4 is 23.3 Å². The van der Waals surface area contributed by atoms with Gasteiger partial charge in [-0.1, -0.05) is 18.2 Å². The van der Waals surface area contributed by atoms with Crippen LogP contribution in [-0.2, 0) is 20.5 Å². The first-order valence-electron chi connectivity index (χ1n) is 16.2. The summed E-state index contributed by atoms with van der Waals surface area (Å²) < 4.78 is 70.2. The van der Waals surface area contributed by atoms with Crippen molar-refractivity contribution in [2.75, 3.05) is 69.9 Å². The van der Waals surface area contributed by atoms with Gasteiger partial charge in [0, 0.05) is 63.3 Å². The van der Waals surface area contributed by atoms with E-state index in [0.717, 1.165) is 12.1 Å². The van der Waals surface area contributed by atoms with Gasteiger partial charge in [0.15, 0.2) is 0 Å². The number of hydrogen-bond acceptors (Lipinski definition) is 8. The smallest absolute Gasteiger partial charge is 0.416 e. The maximum absolute atomic E-state index is 17.6. The molecule has 0 bridgehead atoms. The summed E-state index contributed by atoms with van der Waals surface area (Å²) in [4.78, 5) is 39.2. The molecule has 2 aromatic carbocycles. The standard InChI is InChI=1S/C35H39F4N5O5/c1-48-19-24-16-43(17-29(24)28-8-5-25(35(37,38)39)13-31(28)42-11-9-23(10-12-42)32(45)46)33(47)34(36)20-44(26-14-40-21-41-15-26)18-30(34)22-3-6-27(49-2)7-4-22/h3-8,13-15,21,23-24,29-30H,9-12,16-20H2,1-2H3,(H,45,46)/t24-,29+,30+,34+/m1/s1. The molecule has 3 aliphatic heterocycles. The van der Waals surface area contributed by atoms with E-state index < -0.39 is 47.0 Å². The molecule has 49 heavy (non-hydrogen) atoms. The number of likely N-dealkylation sites (tertiary alicyclic amines) is 1. The predicted octanol–water partition coefficient (Wildman–Crippen LogP) is 5.01. The maximum atomic E-state index is 17.6. The number of rotatable bonds is 9. The number of piperidine rings is 1. The Morgan fingerprint density at radius 2 is 1.67 bits per heavy atom. The highest BCUT2D eigenvalue weighted by Gasteiger charge is 2.57. The quantitative estimate of drug-likeness (QED) is 0.311. The number of ether oxygens (including phenoxy) is 2. The summed E-state index contributed by atoms with van der Waals surface area (Å²) in [7, 11) is 3.05. The number of carbonyl (C=O) groups is 2. The van der Waals surface area contributed by atoms with Crippen molar-refractivity contribution in [3.05, 3.63) is 77.9 Å². The van der Waals surface area contributed by atoms with Crippen LogP contribution in [0.25, 0.3) is 0 Å². The molecule has 0 spiro atoms. The Bertz CT molecular complexity index is 1640. The summed E-state index contributed by atoms with van der Waals surface area (Å²) in [6.45, 7) is 0.912. The summed E-state index contributed by atoms with van der Waals surface area (Å²) in [6.07, 6.45) is 0.508. The topological polar surface area (TPSA) is 108 Å². The van der Waals surface area contributed by atoms with E-state index >= 15 is 4.39 Å². The van der Waals surface area contributed by atoms with Crippen molar-refractivity contribution in [1.29, 1.82) is 0 Å². The molecule has 4 atom stereocenters. The molecule has 3 saturated heterocycles. The molecule has 0 saturated carbocycles. The molecule has 4 heterocycles. The third-order valence-electron chi connectivity index (χ3n) is 10.2. The van der Waals surface area contributed by atoms with Gasteiger partial charge in [-0.2, -0.15) is 13.2 Å². The van der Waals surface area contributed by atoms with Gasteiger partial charge >= 0.3 is 12.1 Å². The van der Waals surface area contributed by atoms with Crippen LogP contribution in [0.5, 0.6) is 5.75 Å². The molecule has 0 aliphatic carbocycles. The van der Waals surface area contributed by atoms with E-state index in [1.807, 2.05) is 0 Å². The molecule has 0 unspecified atom stereocenters. The SMILES string of the molecule is COC[C@H]1CN(C(=O)[C@]2(F)CN(c3cncnc3)C[C@H]2c2ccc(OC)cc2)C[C@@H]1c1ccc(C(F)(F)F)cc1N1CCC(C(=O)O)CC1. The number of carbonyl (C=O) groups excluding carboxylic acids is 1. The zero-order chi connectivity index (χ0) is 34.9. The number of aliphatic carboxylic acids is 1. The average Bonchev–Trinajstić information content (AvgIpc) is 3.69. The van der Waals surface area contributed by atoms with E-state index in [1.54, 1.807) is 46.5 Å². The minimum Gasteiger partial charge on any atom is -0.497 e. The highest BCUT2D eigenvalue weighted by atomic mass is 19.4. The zero-order valence-electron chi connectivity index (χ0n) is 27.3. The van der Waals surface area contributed by atoms with Gasteiger partial charge in [-0.3, -0.25) is 9.59 Å². The van der Waals surface area contributed by atoms with Crippen LogP contribution in [0.15, 0.2) is 61.2 Å². The number of carboxylic acids is 1. The van der Waals surface area contributed by atoms with Crippen molar-refractivity contribution in [2.24, 2.45) is 11.8 Å². The molecule has 0 radical (unpaired) electrons. The molecule has 3 aliphatic rings. The molecule has 1 N–H and O–H groups in total. The third kappa shape index (κ3) is 6.87. The van der Waals surface area contributed by atoms with Crippen LogP contribution in [-0.4, -0.2) is 97.6 Å². The van der Waals surface area contributed by atoms with E-state index in [1.165, 1.54) is 31.5 Å². The Balaban J connectivity index is 1.33. The van der Waals surface area contributed by atoms with E-state index in [0.29, 0.717) is 41.1 Å². The second kappa shape index (κ2) is 13.8. The Kier molecular flexibility index (Phi) is 9.70. The van der Waals surface area contributed by atoms with Gasteiger partial charge in [0.2, 0.25) is 5.67 Å². The van der Waals surface area contributed by atoms with Crippen molar-refractivity contribution in [3.63, 3.8) is 0 Å². The molecular formula is C35H39F4N5O5. The van der Waals surface area contributed by atoms with Gasteiger partial charge in [0.05, 0.1) is 49.8 Å². The predicted molar refractivity (Wildman–Crippen MR) is 173 cm³/mol. The second-order valence-electron chi connectivity index (χ2n) is 13.1. The number of anilines is 2. The van der Waals surface area contributed by atoms with Crippen LogP contribution in [0.1, 0.15) is 41.4 Å². The summed E-state index contributed by atoms with van der Waals surface area (Å²) in [5, 5.41) is 9.49. The van der Waals surface area contributed by atoms with Crippen molar-refractivity contribution in [1.82, 2.24) is 14.9 Å². The van der Waals surface area contributed by atoms with Crippen LogP contribution in [0, 0.1) is 11.8 Å². The lowest BCUT2D eigenvalue weighted by Crippen LogP contribution is -2.50. The third-order valence-corrected chi connectivity index (χ3v) is 10.2. The minimum atomic E-state index is -4.59. The van der Waals surface area contributed by atoms with Gasteiger partial charge in [-0.15, -0.1) is 0 Å². The number of carboxylic acid groups (broad SMARTS) is 1. The number of aromatic nitrogens is 2. The fraction of sp³-hybridized carbons (Fsp3) is 0.486. The van der Waals surface area contributed by atoms with Gasteiger partial charge in [-0.25, -0.2) is 14.4 Å². The lowest BCUT2D eigenvalue weighted by atomic mass is 9.85. The van der Waals surface area contributed by atoms with E-state index in [4.69, 9.17) is 9.47 Å². The maximum Gasteiger partial charge on any atom is 0.416 e. The molecule has 3 aromatic rings. The Hall–Kier alpha value is -4.46. The van der Waals surface area contributed by atoms with Gasteiger partial charge in [0.25, 0.3) is 5.91 Å². The molecule has 1 aromatic heterocycles. The van der Waals surface area contributed by atoms with Crippen LogP contribution in [0.4, 0.5) is 28.9 Å². The summed E-state index contributed by atoms with van der Waals surface area (Å²) in [5.74, 6) is -3.23. The Labute approximate surface area is 281 Å². The largest absolute Gasteiger partial charge is 0.497 e. The first-order chi connectivity index (χ1) is 23.4. The number of alkyl halides is 4. The monoisotopic (exact) mass is 685 g/mol. The summed E-state index contributed by atoms with van der Waals surface area (Å²) in [5.41, 5.74) is -1.03. The van der Waals surface area contributed by atoms with E-state index in [2.05, 4.69) is 9.97 Å². The second-order valence-corrected chi connectivity index (χ2v) is 13.1. The van der Waals surface area contributed by atoms with E-state index in [9.17, 15) is 27.9 Å². The van der Waals surface area contributed by atoms with Crippen LogP contribution in [0.3, 0.4) is 0 Å². The molecule has 6 rings (SSSR count). The Morgan fingerprint density at radius 3 is 2.29 bits per heavy atom. The molecule has 262 valence electrons. The number of methoxy groups -OCH3 is 2. The van der Waals surface area contributed by atoms with Crippen molar-refractivity contribution in [3.8, 4) is 5.75 Å². The number of benzene rings is 2. The Morgan fingerprint density at radius 1 is 0.980 bits per heavy atom. The number of nitrogens with zero attached hydrogens (tertiary/aromatic N) is 5. The summed E-state index contributed by atoms with van der Waals surface area (Å²) in [6, 6.07) is 10.5. The minimum absolute atomic E-state index is 0.0757. The fourth-order valence-electron chi connectivity index (χ4n) is 7.60. The number of amides is 1. The van der Waals surface area contributed by atoms with Gasteiger partial charge < -0.3 is 29.3 Å². The fourth-order valence-corrected chi connectivity index (χ4v) is 7.60. The van der Waals surface area contributed by atoms with Gasteiger partial charge in [0.1, 0.15) is 12.1 Å². The molecular weight excluding hydrogens is 646 g/mol. The highest BCUT2D eigenvalue weighted by Crippen LogP contribution is 2.46. The molecule has 1 amide bonds. The lowest BCUT2D eigenvalue weighted by Gasteiger charge is -2.35. The van der Waals surface area contributed by atoms with Crippen LogP contribution < -0.4 is 14.5 Å². The normalized spacial score (nSPS) is 24.8. The first kappa shape index (κ1) is 34.4. The number of halogens is 4. The van der Waals surface area contributed by atoms with Crippen LogP contribution >= 0.6 is 0 Å². The zero-order valence-corrected chi connectivity index (χ0v) is 27.3. The lowest BCUT2D eigenvalue weighted by molar-refractivity contribution is -0.143. The van der Waals surface area contributed by atoms with Crippen molar-refractivity contribution in [2.45, 2.75) is 36.5 Å².